The predicted molar refractivity (Wildman–Crippen MR) is 192 cm³/mol. The van der Waals surface area contributed by atoms with Crippen LogP contribution in [-0.4, -0.2) is 55.7 Å². The Balaban J connectivity index is 1.47. The van der Waals surface area contributed by atoms with Gasteiger partial charge in [-0.15, -0.1) is 0 Å². The molecule has 1 amide bonds. The van der Waals surface area contributed by atoms with E-state index < -0.39 is 12.0 Å². The Morgan fingerprint density at radius 1 is 0.750 bits per heavy atom. The van der Waals surface area contributed by atoms with Crippen LogP contribution in [0.4, 0.5) is 5.69 Å². The summed E-state index contributed by atoms with van der Waals surface area (Å²) in [6.45, 7) is 10.5. The molecular weight excluding hydrogens is 602 g/mol. The van der Waals surface area contributed by atoms with Gasteiger partial charge in [-0.2, -0.15) is 0 Å². The molecule has 254 valence electrons. The fourth-order valence-electron chi connectivity index (χ4n) is 5.10. The van der Waals surface area contributed by atoms with Gasteiger partial charge in [0.15, 0.2) is 0 Å². The number of anilines is 1. The summed E-state index contributed by atoms with van der Waals surface area (Å²) in [4.78, 5) is 29.0. The molecule has 4 aromatic carbocycles. The molecule has 48 heavy (non-hydrogen) atoms. The minimum Gasteiger partial charge on any atom is -0.491 e. The van der Waals surface area contributed by atoms with Crippen molar-refractivity contribution in [2.24, 2.45) is 0 Å². The first kappa shape index (κ1) is 36.2. The number of hydrogen-bond acceptors (Lipinski definition) is 7. The van der Waals surface area contributed by atoms with E-state index in [2.05, 4.69) is 36.3 Å². The van der Waals surface area contributed by atoms with Crippen molar-refractivity contribution < 1.29 is 23.8 Å². The van der Waals surface area contributed by atoms with E-state index in [1.54, 1.807) is 18.2 Å². The van der Waals surface area contributed by atoms with Crippen molar-refractivity contribution in [1.82, 2.24) is 10.2 Å². The predicted octanol–water partition coefficient (Wildman–Crippen LogP) is 7.28. The van der Waals surface area contributed by atoms with E-state index >= 15 is 0 Å². The summed E-state index contributed by atoms with van der Waals surface area (Å²) in [5, 5.41) is 6.52. The highest BCUT2D eigenvalue weighted by Crippen LogP contribution is 2.27. The van der Waals surface area contributed by atoms with Crippen molar-refractivity contribution in [3.63, 3.8) is 0 Å². The van der Waals surface area contributed by atoms with Gasteiger partial charge in [0.2, 0.25) is 5.91 Å². The molecule has 2 N–H and O–H groups in total. The van der Waals surface area contributed by atoms with E-state index in [4.69, 9.17) is 14.2 Å². The SMILES string of the molecule is CCCCOc1cc(C(=O)OCCN(CC)CC)ccc1NC(=O)C(Cc1ccc(OCc2ccccc2)cc1)NCc1ccccc1. The van der Waals surface area contributed by atoms with E-state index in [0.717, 1.165) is 48.4 Å². The molecular formula is C40H49N3O5. The minimum atomic E-state index is -0.547. The van der Waals surface area contributed by atoms with Crippen molar-refractivity contribution in [3.8, 4) is 11.5 Å². The maximum Gasteiger partial charge on any atom is 0.338 e. The van der Waals surface area contributed by atoms with E-state index in [9.17, 15) is 9.59 Å². The number of benzene rings is 4. The van der Waals surface area contributed by atoms with Gasteiger partial charge in [0.05, 0.1) is 23.9 Å². The third-order valence-corrected chi connectivity index (χ3v) is 8.09. The highest BCUT2D eigenvalue weighted by atomic mass is 16.5. The number of ether oxygens (including phenoxy) is 3. The number of carbonyl (C=O) groups excluding carboxylic acids is 2. The molecule has 0 aromatic heterocycles. The van der Waals surface area contributed by atoms with Crippen molar-refractivity contribution in [3.05, 3.63) is 125 Å². The third-order valence-electron chi connectivity index (χ3n) is 8.09. The second kappa shape index (κ2) is 19.9. The van der Waals surface area contributed by atoms with E-state index in [-0.39, 0.29) is 5.91 Å². The number of amides is 1. The Hall–Kier alpha value is -4.66. The van der Waals surface area contributed by atoms with Crippen LogP contribution < -0.4 is 20.1 Å². The maximum atomic E-state index is 13.9. The van der Waals surface area contributed by atoms with E-state index in [0.29, 0.717) is 56.3 Å². The Morgan fingerprint density at radius 3 is 2.10 bits per heavy atom. The molecule has 0 heterocycles. The van der Waals surface area contributed by atoms with Crippen LogP contribution in [0, 0.1) is 0 Å². The number of rotatable bonds is 20. The second-order valence-corrected chi connectivity index (χ2v) is 11.6. The Kier molecular flexibility index (Phi) is 15.0. The fraction of sp³-hybridized carbons (Fsp3) is 0.350. The molecule has 0 saturated heterocycles. The van der Waals surface area contributed by atoms with Crippen LogP contribution in [0.1, 0.15) is 60.7 Å². The van der Waals surface area contributed by atoms with Gasteiger partial charge >= 0.3 is 5.97 Å². The van der Waals surface area contributed by atoms with Crippen LogP contribution in [0.3, 0.4) is 0 Å². The molecule has 0 aliphatic heterocycles. The zero-order valence-corrected chi connectivity index (χ0v) is 28.5. The molecule has 0 radical (unpaired) electrons. The van der Waals surface area contributed by atoms with Gasteiger partial charge in [0, 0.05) is 13.1 Å². The lowest BCUT2D eigenvalue weighted by Crippen LogP contribution is -2.42. The average molecular weight is 652 g/mol. The van der Waals surface area contributed by atoms with Crippen LogP contribution >= 0.6 is 0 Å². The first-order valence-corrected chi connectivity index (χ1v) is 17.0. The fourth-order valence-corrected chi connectivity index (χ4v) is 5.10. The lowest BCUT2D eigenvalue weighted by Gasteiger charge is -2.21. The van der Waals surface area contributed by atoms with Crippen molar-refractivity contribution in [1.29, 1.82) is 0 Å². The summed E-state index contributed by atoms with van der Waals surface area (Å²) in [6.07, 6.45) is 2.26. The summed E-state index contributed by atoms with van der Waals surface area (Å²) in [5.41, 5.74) is 4.05. The standard InChI is InChI=1S/C40H49N3O5/c1-4-7-25-46-38-28-34(40(45)47-26-24-43(5-2)6-3)20-23-36(38)42-39(44)37(41-29-32-14-10-8-11-15-32)27-31-18-21-35(22-19-31)48-30-33-16-12-9-13-17-33/h8-23,28,37,41H,4-7,24-27,29-30H2,1-3H3,(H,42,44). The Morgan fingerprint density at radius 2 is 1.44 bits per heavy atom. The zero-order chi connectivity index (χ0) is 34.0. The van der Waals surface area contributed by atoms with Crippen LogP contribution in [0.15, 0.2) is 103 Å². The van der Waals surface area contributed by atoms with Gasteiger partial charge < -0.3 is 29.7 Å². The van der Waals surface area contributed by atoms with Gasteiger partial charge in [-0.3, -0.25) is 4.79 Å². The van der Waals surface area contributed by atoms with Gasteiger partial charge in [0.25, 0.3) is 0 Å². The number of esters is 1. The quantitative estimate of drug-likeness (QED) is 0.0767. The molecule has 0 bridgehead atoms. The highest BCUT2D eigenvalue weighted by Gasteiger charge is 2.21. The molecule has 0 spiro atoms. The monoisotopic (exact) mass is 651 g/mol. The number of nitrogens with zero attached hydrogens (tertiary/aromatic N) is 1. The van der Waals surface area contributed by atoms with E-state index in [1.165, 1.54) is 0 Å². The topological polar surface area (TPSA) is 89.1 Å². The van der Waals surface area contributed by atoms with Crippen molar-refractivity contribution >= 4 is 17.6 Å². The number of unbranched alkanes of at least 4 members (excludes halogenated alkanes) is 1. The molecule has 8 heteroatoms. The largest absolute Gasteiger partial charge is 0.491 e. The first-order valence-electron chi connectivity index (χ1n) is 17.0. The molecule has 8 nitrogen and oxygen atoms in total. The molecule has 0 fully saturated rings. The smallest absolute Gasteiger partial charge is 0.338 e. The van der Waals surface area contributed by atoms with Gasteiger partial charge in [-0.05, 0) is 73.0 Å². The molecule has 0 aliphatic rings. The molecule has 4 aromatic rings. The number of hydrogen-bond donors (Lipinski definition) is 2. The molecule has 4 rings (SSSR count). The van der Waals surface area contributed by atoms with Crippen molar-refractivity contribution in [2.75, 3.05) is 38.2 Å². The van der Waals surface area contributed by atoms with Crippen molar-refractivity contribution in [2.45, 2.75) is 59.2 Å². The molecule has 0 aliphatic carbocycles. The Bertz CT molecular complexity index is 1530. The summed E-state index contributed by atoms with van der Waals surface area (Å²) in [7, 11) is 0. The summed E-state index contributed by atoms with van der Waals surface area (Å²) < 4.78 is 17.6. The van der Waals surface area contributed by atoms with Crippen LogP contribution in [0.5, 0.6) is 11.5 Å². The number of nitrogens with one attached hydrogen (secondary N) is 2. The lowest BCUT2D eigenvalue weighted by molar-refractivity contribution is -0.118. The van der Waals surface area contributed by atoms with Crippen LogP contribution in [0.2, 0.25) is 0 Å². The highest BCUT2D eigenvalue weighted by molar-refractivity contribution is 5.97. The summed E-state index contributed by atoms with van der Waals surface area (Å²) in [6, 6.07) is 32.4. The number of likely N-dealkylation sites (N-methyl/N-ethyl adjacent to an activating group) is 1. The third kappa shape index (κ3) is 11.9. The normalized spacial score (nSPS) is 11.6. The zero-order valence-electron chi connectivity index (χ0n) is 28.5. The lowest BCUT2D eigenvalue weighted by atomic mass is 10.0. The minimum absolute atomic E-state index is 0.203. The molecule has 1 atom stereocenters. The number of carbonyl (C=O) groups is 2. The van der Waals surface area contributed by atoms with Crippen LogP contribution in [-0.2, 0) is 29.1 Å². The maximum absolute atomic E-state index is 13.9. The summed E-state index contributed by atoms with van der Waals surface area (Å²) in [5.74, 6) is 0.585. The first-order chi connectivity index (χ1) is 23.5. The van der Waals surface area contributed by atoms with E-state index in [1.807, 2.05) is 84.9 Å². The van der Waals surface area contributed by atoms with Gasteiger partial charge in [0.1, 0.15) is 24.7 Å². The van der Waals surface area contributed by atoms with Crippen LogP contribution in [0.25, 0.3) is 0 Å². The Labute approximate surface area is 285 Å². The average Bonchev–Trinajstić information content (AvgIpc) is 3.13. The van der Waals surface area contributed by atoms with Gasteiger partial charge in [-0.25, -0.2) is 4.79 Å². The second-order valence-electron chi connectivity index (χ2n) is 11.6. The van der Waals surface area contributed by atoms with Gasteiger partial charge in [-0.1, -0.05) is 100.0 Å². The summed E-state index contributed by atoms with van der Waals surface area (Å²) >= 11 is 0. The molecule has 0 saturated carbocycles. The molecule has 1 unspecified atom stereocenters.